The van der Waals surface area contributed by atoms with Crippen molar-refractivity contribution in [1.82, 2.24) is 5.43 Å². The molecule has 0 amide bonds. The first-order valence-corrected chi connectivity index (χ1v) is 9.16. The predicted molar refractivity (Wildman–Crippen MR) is 91.6 cm³/mol. The molecule has 1 atom stereocenters. The van der Waals surface area contributed by atoms with Gasteiger partial charge in [-0.05, 0) is 25.2 Å². The fourth-order valence-corrected chi connectivity index (χ4v) is 2.72. The maximum Gasteiger partial charge on any atom is 0.0210 e. The Morgan fingerprint density at radius 1 is 0.700 bits per heavy atom. The van der Waals surface area contributed by atoms with Crippen LogP contribution in [0.5, 0.6) is 0 Å². The Morgan fingerprint density at radius 2 is 1.20 bits per heavy atom. The lowest BCUT2D eigenvalue weighted by atomic mass is 9.98. The summed E-state index contributed by atoms with van der Waals surface area (Å²) in [5, 5.41) is 0. The summed E-state index contributed by atoms with van der Waals surface area (Å²) >= 11 is 0. The van der Waals surface area contributed by atoms with E-state index in [9.17, 15) is 0 Å². The number of nitrogens with two attached hydrogens (primary N) is 1. The average molecular weight is 285 g/mol. The Kier molecular flexibility index (Phi) is 15.3. The molecule has 2 nitrogen and oxygen atoms in total. The molecular formula is C18H40N2. The molecule has 0 saturated carbocycles. The zero-order valence-electron chi connectivity index (χ0n) is 14.4. The largest absolute Gasteiger partial charge is 0.271 e. The SMILES string of the molecule is CCCCCCCCCCCCC(CCC(C)C)NN. The highest BCUT2D eigenvalue weighted by molar-refractivity contribution is 4.64. The molecule has 0 fully saturated rings. The van der Waals surface area contributed by atoms with Crippen molar-refractivity contribution < 1.29 is 0 Å². The zero-order chi connectivity index (χ0) is 15.1. The fourth-order valence-electron chi connectivity index (χ4n) is 2.72. The molecule has 2 heteroatoms. The van der Waals surface area contributed by atoms with Crippen molar-refractivity contribution in [3.8, 4) is 0 Å². The Bertz CT molecular complexity index is 180. The van der Waals surface area contributed by atoms with Crippen LogP contribution >= 0.6 is 0 Å². The standard InChI is InChI=1S/C18H40N2/c1-4-5-6-7-8-9-10-11-12-13-14-18(20-19)16-15-17(2)3/h17-18,20H,4-16,19H2,1-3H3. The smallest absolute Gasteiger partial charge is 0.0210 e. The van der Waals surface area contributed by atoms with E-state index in [0.29, 0.717) is 6.04 Å². The third kappa shape index (κ3) is 14.3. The minimum absolute atomic E-state index is 0.534. The summed E-state index contributed by atoms with van der Waals surface area (Å²) in [7, 11) is 0. The van der Waals surface area contributed by atoms with Crippen LogP contribution in [0.25, 0.3) is 0 Å². The molecule has 0 aromatic carbocycles. The number of unbranched alkanes of at least 4 members (excludes halogenated alkanes) is 9. The summed E-state index contributed by atoms with van der Waals surface area (Å²) in [4.78, 5) is 0. The maximum absolute atomic E-state index is 5.63. The third-order valence-corrected chi connectivity index (χ3v) is 4.23. The van der Waals surface area contributed by atoms with Crippen molar-refractivity contribution in [2.45, 2.75) is 110 Å². The molecule has 0 bridgehead atoms. The van der Waals surface area contributed by atoms with E-state index in [1.165, 1.54) is 83.5 Å². The average Bonchev–Trinajstić information content (AvgIpc) is 2.44. The molecule has 0 aliphatic rings. The van der Waals surface area contributed by atoms with E-state index < -0.39 is 0 Å². The molecule has 1 unspecified atom stereocenters. The number of nitrogens with one attached hydrogen (secondary N) is 1. The van der Waals surface area contributed by atoms with Crippen molar-refractivity contribution in [3.05, 3.63) is 0 Å². The molecule has 0 radical (unpaired) electrons. The highest BCUT2D eigenvalue weighted by atomic mass is 15.2. The normalized spacial score (nSPS) is 13.1. The summed E-state index contributed by atoms with van der Waals surface area (Å²) in [6.07, 6.45) is 17.9. The highest BCUT2D eigenvalue weighted by Crippen LogP contribution is 2.14. The molecule has 0 aliphatic heterocycles. The van der Waals surface area contributed by atoms with Gasteiger partial charge in [-0.3, -0.25) is 11.3 Å². The number of hydrogen-bond donors (Lipinski definition) is 2. The summed E-state index contributed by atoms with van der Waals surface area (Å²) in [5.74, 6) is 6.42. The van der Waals surface area contributed by atoms with Crippen LogP contribution in [0.1, 0.15) is 104 Å². The van der Waals surface area contributed by atoms with E-state index in [4.69, 9.17) is 5.84 Å². The Hall–Kier alpha value is -0.0800. The van der Waals surface area contributed by atoms with Gasteiger partial charge in [-0.1, -0.05) is 85.0 Å². The van der Waals surface area contributed by atoms with Crippen LogP contribution in [-0.2, 0) is 0 Å². The molecule has 0 aromatic heterocycles. The summed E-state index contributed by atoms with van der Waals surface area (Å²) in [5.41, 5.74) is 2.99. The van der Waals surface area contributed by atoms with Crippen LogP contribution in [0.3, 0.4) is 0 Å². The first kappa shape index (κ1) is 19.9. The van der Waals surface area contributed by atoms with Gasteiger partial charge in [0.25, 0.3) is 0 Å². The van der Waals surface area contributed by atoms with Crippen molar-refractivity contribution in [2.24, 2.45) is 11.8 Å². The van der Waals surface area contributed by atoms with Crippen LogP contribution < -0.4 is 11.3 Å². The summed E-state index contributed by atoms with van der Waals surface area (Å²) < 4.78 is 0. The second-order valence-corrected chi connectivity index (χ2v) is 6.81. The van der Waals surface area contributed by atoms with Gasteiger partial charge in [0, 0.05) is 6.04 Å². The molecule has 0 aromatic rings. The topological polar surface area (TPSA) is 38.0 Å². The summed E-state index contributed by atoms with van der Waals surface area (Å²) in [6, 6.07) is 0.534. The quantitative estimate of drug-likeness (QED) is 0.234. The second kappa shape index (κ2) is 15.3. The van der Waals surface area contributed by atoms with Gasteiger partial charge in [0.1, 0.15) is 0 Å². The van der Waals surface area contributed by atoms with Crippen LogP contribution in [0.2, 0.25) is 0 Å². The Labute approximate surface area is 128 Å². The van der Waals surface area contributed by atoms with E-state index in [0.717, 1.165) is 5.92 Å². The zero-order valence-corrected chi connectivity index (χ0v) is 14.4. The monoisotopic (exact) mass is 284 g/mol. The van der Waals surface area contributed by atoms with Crippen LogP contribution in [0.15, 0.2) is 0 Å². The lowest BCUT2D eigenvalue weighted by Crippen LogP contribution is -2.35. The first-order valence-electron chi connectivity index (χ1n) is 9.16. The van der Waals surface area contributed by atoms with E-state index in [1.54, 1.807) is 0 Å². The van der Waals surface area contributed by atoms with Crippen molar-refractivity contribution in [3.63, 3.8) is 0 Å². The van der Waals surface area contributed by atoms with Gasteiger partial charge in [0.05, 0.1) is 0 Å². The van der Waals surface area contributed by atoms with Gasteiger partial charge in [0.2, 0.25) is 0 Å². The molecule has 0 rings (SSSR count). The van der Waals surface area contributed by atoms with Gasteiger partial charge in [-0.2, -0.15) is 0 Å². The van der Waals surface area contributed by atoms with E-state index >= 15 is 0 Å². The van der Waals surface area contributed by atoms with E-state index in [-0.39, 0.29) is 0 Å². The van der Waals surface area contributed by atoms with Crippen LogP contribution in [0, 0.1) is 5.92 Å². The molecule has 0 saturated heterocycles. The molecule has 20 heavy (non-hydrogen) atoms. The van der Waals surface area contributed by atoms with Gasteiger partial charge in [-0.15, -0.1) is 0 Å². The van der Waals surface area contributed by atoms with Crippen molar-refractivity contribution in [2.75, 3.05) is 0 Å². The van der Waals surface area contributed by atoms with Gasteiger partial charge < -0.3 is 0 Å². The fraction of sp³-hybridized carbons (Fsp3) is 1.00. The van der Waals surface area contributed by atoms with E-state index in [1.807, 2.05) is 0 Å². The Morgan fingerprint density at radius 3 is 1.65 bits per heavy atom. The first-order chi connectivity index (χ1) is 9.70. The highest BCUT2D eigenvalue weighted by Gasteiger charge is 2.07. The molecule has 0 spiro atoms. The lowest BCUT2D eigenvalue weighted by molar-refractivity contribution is 0.401. The van der Waals surface area contributed by atoms with E-state index in [2.05, 4.69) is 26.2 Å². The number of hydrazine groups is 1. The lowest BCUT2D eigenvalue weighted by Gasteiger charge is -2.16. The maximum atomic E-state index is 5.63. The minimum Gasteiger partial charge on any atom is -0.271 e. The predicted octanol–water partition coefficient (Wildman–Crippen LogP) is 5.57. The van der Waals surface area contributed by atoms with Gasteiger partial charge >= 0.3 is 0 Å². The number of hydrogen-bond acceptors (Lipinski definition) is 2. The van der Waals surface area contributed by atoms with Gasteiger partial charge in [0.15, 0.2) is 0 Å². The minimum atomic E-state index is 0.534. The number of rotatable bonds is 15. The van der Waals surface area contributed by atoms with Crippen molar-refractivity contribution in [1.29, 1.82) is 0 Å². The van der Waals surface area contributed by atoms with Gasteiger partial charge in [-0.25, -0.2) is 0 Å². The van der Waals surface area contributed by atoms with Crippen LogP contribution in [0.4, 0.5) is 0 Å². The third-order valence-electron chi connectivity index (χ3n) is 4.23. The summed E-state index contributed by atoms with van der Waals surface area (Å²) in [6.45, 7) is 6.85. The molecule has 0 aliphatic carbocycles. The van der Waals surface area contributed by atoms with Crippen molar-refractivity contribution >= 4 is 0 Å². The molecular weight excluding hydrogens is 244 g/mol. The molecule has 122 valence electrons. The Balaban J connectivity index is 3.24. The van der Waals surface area contributed by atoms with Crippen LogP contribution in [-0.4, -0.2) is 6.04 Å². The molecule has 0 heterocycles. The second-order valence-electron chi connectivity index (χ2n) is 6.81. The molecule has 3 N–H and O–H groups in total.